The highest BCUT2D eigenvalue weighted by molar-refractivity contribution is 7.15. The fraction of sp³-hybridized carbons (Fsp3) is 0.333. The predicted octanol–water partition coefficient (Wildman–Crippen LogP) is 4.47. The number of alkyl halides is 4. The molecule has 1 N–H and O–H groups in total. The minimum absolute atomic E-state index is 0.117. The van der Waals surface area contributed by atoms with Crippen LogP contribution in [0.5, 0.6) is 0 Å². The molecular formula is C12H11ClF3N3S. The zero-order chi connectivity index (χ0) is 14.6. The molecule has 1 aromatic heterocycles. The van der Waals surface area contributed by atoms with Gasteiger partial charge in [0.15, 0.2) is 0 Å². The first-order chi connectivity index (χ1) is 9.49. The lowest BCUT2D eigenvalue weighted by atomic mass is 10.1. The Bertz CT molecular complexity index is 571. The lowest BCUT2D eigenvalue weighted by molar-refractivity contribution is -0.138. The second-order valence-electron chi connectivity index (χ2n) is 4.03. The van der Waals surface area contributed by atoms with Crippen LogP contribution >= 0.6 is 22.9 Å². The van der Waals surface area contributed by atoms with Crippen LogP contribution in [-0.2, 0) is 12.6 Å². The van der Waals surface area contributed by atoms with Crippen molar-refractivity contribution in [2.45, 2.75) is 19.0 Å². The summed E-state index contributed by atoms with van der Waals surface area (Å²) in [5.41, 5.74) is 1.75. The number of nitrogens with one attached hydrogen (secondary N) is 1. The highest BCUT2D eigenvalue weighted by Gasteiger charge is 2.35. The van der Waals surface area contributed by atoms with Crippen molar-refractivity contribution in [3.63, 3.8) is 0 Å². The molecule has 108 valence electrons. The van der Waals surface area contributed by atoms with Gasteiger partial charge in [-0.3, -0.25) is 0 Å². The first-order valence-corrected chi connectivity index (χ1v) is 7.17. The van der Waals surface area contributed by atoms with Crippen molar-refractivity contribution >= 4 is 33.8 Å². The van der Waals surface area contributed by atoms with E-state index in [-0.39, 0.29) is 5.13 Å². The molecule has 0 aliphatic rings. The molecule has 0 unspecified atom stereocenters. The number of aryl methyl sites for hydroxylation is 1. The third-order valence-electron chi connectivity index (χ3n) is 2.44. The Kier molecular flexibility index (Phi) is 4.82. The summed E-state index contributed by atoms with van der Waals surface area (Å²) in [5, 5.41) is 8.59. The normalized spacial score (nSPS) is 11.6. The summed E-state index contributed by atoms with van der Waals surface area (Å²) < 4.78 is 37.2. The summed E-state index contributed by atoms with van der Waals surface area (Å²) in [6, 6.07) is 7.40. The van der Waals surface area contributed by atoms with E-state index in [1.165, 1.54) is 0 Å². The molecule has 0 atom stereocenters. The number of hydrogen-bond acceptors (Lipinski definition) is 4. The molecule has 1 aromatic carbocycles. The zero-order valence-electron chi connectivity index (χ0n) is 10.2. The van der Waals surface area contributed by atoms with Crippen molar-refractivity contribution in [3.05, 3.63) is 34.8 Å². The van der Waals surface area contributed by atoms with E-state index in [2.05, 4.69) is 15.5 Å². The molecule has 3 nitrogen and oxygen atoms in total. The Hall–Kier alpha value is -1.34. The molecule has 8 heteroatoms. The highest BCUT2D eigenvalue weighted by Crippen LogP contribution is 2.33. The van der Waals surface area contributed by atoms with Gasteiger partial charge in [0, 0.05) is 11.6 Å². The maximum atomic E-state index is 12.4. The largest absolute Gasteiger partial charge is 0.445 e. The van der Waals surface area contributed by atoms with Gasteiger partial charge in [0.2, 0.25) is 10.1 Å². The average molecular weight is 322 g/mol. The van der Waals surface area contributed by atoms with Crippen LogP contribution < -0.4 is 5.32 Å². The van der Waals surface area contributed by atoms with Crippen LogP contribution in [0.15, 0.2) is 24.3 Å². The number of hydrogen-bond donors (Lipinski definition) is 1. The minimum Gasteiger partial charge on any atom is -0.330 e. The topological polar surface area (TPSA) is 37.8 Å². The van der Waals surface area contributed by atoms with Crippen molar-refractivity contribution in [2.24, 2.45) is 0 Å². The summed E-state index contributed by atoms with van der Waals surface area (Å²) in [5.74, 6) is 0.572. The number of aromatic nitrogens is 2. The second kappa shape index (κ2) is 6.41. The molecule has 1 heterocycles. The molecule has 0 radical (unpaired) electrons. The van der Waals surface area contributed by atoms with Gasteiger partial charge >= 0.3 is 6.18 Å². The molecule has 0 aliphatic carbocycles. The monoisotopic (exact) mass is 321 g/mol. The van der Waals surface area contributed by atoms with E-state index in [1.807, 2.05) is 18.2 Å². The zero-order valence-corrected chi connectivity index (χ0v) is 11.8. The van der Waals surface area contributed by atoms with Gasteiger partial charge in [-0.15, -0.1) is 21.8 Å². The van der Waals surface area contributed by atoms with Gasteiger partial charge in [0.05, 0.1) is 0 Å². The van der Waals surface area contributed by atoms with Crippen LogP contribution in [0, 0.1) is 0 Å². The standard InChI is InChI=1S/C12H11ClF3N3S/c13-6-2-4-8-3-1-5-9(7-8)17-11-19-18-10(20-11)12(14,15)16/h1,3,5,7H,2,4,6H2,(H,17,19). The Labute approximate surface area is 122 Å². The Morgan fingerprint density at radius 1 is 1.25 bits per heavy atom. The third-order valence-corrected chi connectivity index (χ3v) is 3.60. The molecule has 20 heavy (non-hydrogen) atoms. The van der Waals surface area contributed by atoms with Gasteiger partial charge in [0.25, 0.3) is 0 Å². The van der Waals surface area contributed by atoms with Crippen molar-refractivity contribution < 1.29 is 13.2 Å². The van der Waals surface area contributed by atoms with Crippen LogP contribution in [0.1, 0.15) is 17.0 Å². The maximum Gasteiger partial charge on any atom is 0.445 e. The number of benzene rings is 1. The van der Waals surface area contributed by atoms with E-state index in [1.54, 1.807) is 6.07 Å². The van der Waals surface area contributed by atoms with Crippen LogP contribution in [0.4, 0.5) is 24.0 Å². The van der Waals surface area contributed by atoms with Gasteiger partial charge in [-0.05, 0) is 30.5 Å². The van der Waals surface area contributed by atoms with Crippen LogP contribution in [0.2, 0.25) is 0 Å². The average Bonchev–Trinajstić information content (AvgIpc) is 2.85. The molecule has 2 rings (SSSR count). The Morgan fingerprint density at radius 3 is 2.70 bits per heavy atom. The number of nitrogens with zero attached hydrogens (tertiary/aromatic N) is 2. The van der Waals surface area contributed by atoms with Crippen LogP contribution in [0.25, 0.3) is 0 Å². The molecule has 0 aliphatic heterocycles. The van der Waals surface area contributed by atoms with E-state index in [9.17, 15) is 13.2 Å². The van der Waals surface area contributed by atoms with Crippen molar-refractivity contribution in [1.29, 1.82) is 0 Å². The highest BCUT2D eigenvalue weighted by atomic mass is 35.5. The third kappa shape index (κ3) is 4.08. The molecule has 0 amide bonds. The van der Waals surface area contributed by atoms with Crippen molar-refractivity contribution in [3.8, 4) is 0 Å². The Balaban J connectivity index is 2.08. The van der Waals surface area contributed by atoms with Crippen LogP contribution in [-0.4, -0.2) is 16.1 Å². The van der Waals surface area contributed by atoms with E-state index in [4.69, 9.17) is 11.6 Å². The number of rotatable bonds is 5. The maximum absolute atomic E-state index is 12.4. The minimum atomic E-state index is -4.46. The van der Waals surface area contributed by atoms with Gasteiger partial charge in [-0.2, -0.15) is 13.2 Å². The summed E-state index contributed by atoms with van der Waals surface area (Å²) in [4.78, 5) is 0. The molecule has 0 saturated carbocycles. The SMILES string of the molecule is FC(F)(F)c1nnc(Nc2cccc(CCCCl)c2)s1. The summed E-state index contributed by atoms with van der Waals surface area (Å²) in [6.45, 7) is 0. The molecule has 0 saturated heterocycles. The predicted molar refractivity (Wildman–Crippen MR) is 73.7 cm³/mol. The van der Waals surface area contributed by atoms with E-state index >= 15 is 0 Å². The second-order valence-corrected chi connectivity index (χ2v) is 5.38. The van der Waals surface area contributed by atoms with E-state index in [0.717, 1.165) is 18.4 Å². The molecule has 0 fully saturated rings. The number of anilines is 2. The van der Waals surface area contributed by atoms with Crippen molar-refractivity contribution in [2.75, 3.05) is 11.2 Å². The van der Waals surface area contributed by atoms with Gasteiger partial charge < -0.3 is 5.32 Å². The summed E-state index contributed by atoms with van der Waals surface area (Å²) >= 11 is 6.11. The van der Waals surface area contributed by atoms with Gasteiger partial charge in [-0.25, -0.2) is 0 Å². The lowest BCUT2D eigenvalue weighted by Gasteiger charge is -2.05. The van der Waals surface area contributed by atoms with E-state index < -0.39 is 11.2 Å². The van der Waals surface area contributed by atoms with Crippen LogP contribution in [0.3, 0.4) is 0 Å². The lowest BCUT2D eigenvalue weighted by Crippen LogP contribution is -2.03. The Morgan fingerprint density at radius 2 is 2.05 bits per heavy atom. The first-order valence-electron chi connectivity index (χ1n) is 5.81. The fourth-order valence-corrected chi connectivity index (χ4v) is 2.35. The van der Waals surface area contributed by atoms with Gasteiger partial charge in [0.1, 0.15) is 0 Å². The van der Waals surface area contributed by atoms with Crippen molar-refractivity contribution in [1.82, 2.24) is 10.2 Å². The molecular weight excluding hydrogens is 311 g/mol. The fourth-order valence-electron chi connectivity index (χ4n) is 1.59. The first kappa shape index (κ1) is 15.1. The smallest absolute Gasteiger partial charge is 0.330 e. The number of halogens is 4. The summed E-state index contributed by atoms with van der Waals surface area (Å²) in [7, 11) is 0. The molecule has 0 spiro atoms. The summed E-state index contributed by atoms with van der Waals surface area (Å²) in [6.07, 6.45) is -2.79. The van der Waals surface area contributed by atoms with Gasteiger partial charge in [-0.1, -0.05) is 23.5 Å². The van der Waals surface area contributed by atoms with E-state index in [0.29, 0.717) is 22.9 Å². The molecule has 0 bridgehead atoms. The molecule has 2 aromatic rings. The quantitative estimate of drug-likeness (QED) is 0.825.